The van der Waals surface area contributed by atoms with E-state index < -0.39 is 0 Å². The van der Waals surface area contributed by atoms with Crippen LogP contribution in [-0.2, 0) is 0 Å². The summed E-state index contributed by atoms with van der Waals surface area (Å²) in [6.45, 7) is 1.98. The SMILES string of the molecule is Cl.O=C(NC(c1ccc(Cl)cc1)C1CCC1)c1ccn(C2CCCNC2)n1. The van der Waals surface area contributed by atoms with E-state index in [2.05, 4.69) is 15.7 Å². The number of nitrogens with zero attached hydrogens (tertiary/aromatic N) is 2. The summed E-state index contributed by atoms with van der Waals surface area (Å²) in [6.07, 6.45) is 7.70. The number of piperidine rings is 1. The lowest BCUT2D eigenvalue weighted by Crippen LogP contribution is -2.36. The normalized spacial score (nSPS) is 21.0. The molecule has 2 fully saturated rings. The number of nitrogens with one attached hydrogen (secondary N) is 2. The van der Waals surface area contributed by atoms with Crippen molar-refractivity contribution in [2.45, 2.75) is 44.2 Å². The van der Waals surface area contributed by atoms with Gasteiger partial charge in [-0.05, 0) is 61.9 Å². The van der Waals surface area contributed by atoms with Crippen LogP contribution < -0.4 is 10.6 Å². The zero-order chi connectivity index (χ0) is 17.9. The van der Waals surface area contributed by atoms with Crippen molar-refractivity contribution in [3.63, 3.8) is 0 Å². The van der Waals surface area contributed by atoms with E-state index in [1.807, 2.05) is 41.2 Å². The molecule has 5 nitrogen and oxygen atoms in total. The van der Waals surface area contributed by atoms with E-state index in [9.17, 15) is 4.79 Å². The first-order chi connectivity index (χ1) is 12.7. The second-order valence-corrected chi connectivity index (χ2v) is 7.81. The molecule has 1 aliphatic heterocycles. The molecule has 2 N–H and O–H groups in total. The Labute approximate surface area is 171 Å². The van der Waals surface area contributed by atoms with Crippen LogP contribution in [0.3, 0.4) is 0 Å². The zero-order valence-corrected chi connectivity index (χ0v) is 16.8. The van der Waals surface area contributed by atoms with Gasteiger partial charge in [-0.25, -0.2) is 0 Å². The van der Waals surface area contributed by atoms with Crippen LogP contribution in [0.1, 0.15) is 60.2 Å². The van der Waals surface area contributed by atoms with Crippen molar-refractivity contribution in [1.29, 1.82) is 0 Å². The Morgan fingerprint density at radius 2 is 1.96 bits per heavy atom. The van der Waals surface area contributed by atoms with E-state index in [1.54, 1.807) is 0 Å². The minimum atomic E-state index is -0.0978. The summed E-state index contributed by atoms with van der Waals surface area (Å²) in [4.78, 5) is 12.8. The van der Waals surface area contributed by atoms with E-state index in [0.29, 0.717) is 22.7 Å². The molecule has 1 aromatic carbocycles. The molecule has 146 valence electrons. The third kappa shape index (κ3) is 4.65. The fourth-order valence-electron chi connectivity index (χ4n) is 3.85. The highest BCUT2D eigenvalue weighted by Crippen LogP contribution is 2.38. The van der Waals surface area contributed by atoms with Gasteiger partial charge in [0.1, 0.15) is 5.69 Å². The highest BCUT2D eigenvalue weighted by Gasteiger charge is 2.30. The Morgan fingerprint density at radius 3 is 2.59 bits per heavy atom. The van der Waals surface area contributed by atoms with Crippen LogP contribution in [0.5, 0.6) is 0 Å². The molecule has 1 saturated carbocycles. The number of amides is 1. The summed E-state index contributed by atoms with van der Waals surface area (Å²) >= 11 is 6.02. The molecule has 27 heavy (non-hydrogen) atoms. The van der Waals surface area contributed by atoms with Gasteiger partial charge in [0, 0.05) is 17.8 Å². The van der Waals surface area contributed by atoms with Crippen molar-refractivity contribution < 1.29 is 4.79 Å². The maximum Gasteiger partial charge on any atom is 0.272 e. The molecule has 7 heteroatoms. The van der Waals surface area contributed by atoms with E-state index in [0.717, 1.165) is 44.3 Å². The van der Waals surface area contributed by atoms with Gasteiger partial charge in [0.25, 0.3) is 5.91 Å². The number of hydrogen-bond acceptors (Lipinski definition) is 3. The average molecular weight is 409 g/mol. The molecule has 0 radical (unpaired) electrons. The first kappa shape index (κ1) is 20.2. The summed E-state index contributed by atoms with van der Waals surface area (Å²) in [6, 6.07) is 9.98. The molecule has 0 spiro atoms. The molecule has 1 amide bonds. The van der Waals surface area contributed by atoms with Crippen LogP contribution in [-0.4, -0.2) is 28.8 Å². The Morgan fingerprint density at radius 1 is 1.19 bits per heavy atom. The lowest BCUT2D eigenvalue weighted by Gasteiger charge is -2.34. The summed E-state index contributed by atoms with van der Waals surface area (Å²) in [5.74, 6) is 0.393. The Balaban J connectivity index is 0.00000210. The standard InChI is InChI=1S/C20H25ClN4O.ClH/c21-16-8-6-15(7-9-16)19(14-3-1-4-14)23-20(26)18-10-12-25(24-18)17-5-2-11-22-13-17;/h6-10,12,14,17,19,22H,1-5,11,13H2,(H,23,26);1H. The molecule has 1 aromatic heterocycles. The van der Waals surface area contributed by atoms with E-state index in [1.165, 1.54) is 6.42 Å². The molecule has 4 rings (SSSR count). The molecule has 1 saturated heterocycles. The fraction of sp³-hybridized carbons (Fsp3) is 0.500. The van der Waals surface area contributed by atoms with Crippen molar-refractivity contribution in [3.8, 4) is 0 Å². The first-order valence-electron chi connectivity index (χ1n) is 9.53. The van der Waals surface area contributed by atoms with Gasteiger partial charge in [0.2, 0.25) is 0 Å². The van der Waals surface area contributed by atoms with E-state index >= 15 is 0 Å². The van der Waals surface area contributed by atoms with Gasteiger partial charge in [-0.1, -0.05) is 30.2 Å². The average Bonchev–Trinajstić information content (AvgIpc) is 3.11. The monoisotopic (exact) mass is 408 g/mol. The lowest BCUT2D eigenvalue weighted by atomic mass is 9.77. The Bertz CT molecular complexity index is 752. The summed E-state index contributed by atoms with van der Waals surface area (Å²) in [5.41, 5.74) is 1.61. The molecule has 1 aliphatic carbocycles. The summed E-state index contributed by atoms with van der Waals surface area (Å²) in [7, 11) is 0. The number of carbonyl (C=O) groups is 1. The molecule has 0 bridgehead atoms. The van der Waals surface area contributed by atoms with Gasteiger partial charge in [0.05, 0.1) is 12.1 Å². The predicted octanol–water partition coefficient (Wildman–Crippen LogP) is 4.15. The zero-order valence-electron chi connectivity index (χ0n) is 15.2. The minimum absolute atomic E-state index is 0. The van der Waals surface area contributed by atoms with E-state index in [4.69, 9.17) is 11.6 Å². The first-order valence-corrected chi connectivity index (χ1v) is 9.91. The van der Waals surface area contributed by atoms with Crippen LogP contribution >= 0.6 is 24.0 Å². The van der Waals surface area contributed by atoms with Gasteiger partial charge in [0.15, 0.2) is 0 Å². The predicted molar refractivity (Wildman–Crippen MR) is 110 cm³/mol. The smallest absolute Gasteiger partial charge is 0.272 e. The van der Waals surface area contributed by atoms with Gasteiger partial charge >= 0.3 is 0 Å². The second kappa shape index (κ2) is 9.09. The highest BCUT2D eigenvalue weighted by atomic mass is 35.5. The molecule has 2 aromatic rings. The van der Waals surface area contributed by atoms with Crippen molar-refractivity contribution in [2.24, 2.45) is 5.92 Å². The third-order valence-electron chi connectivity index (χ3n) is 5.62. The molecule has 2 atom stereocenters. The maximum atomic E-state index is 12.8. The molecular formula is C20H26Cl2N4O. The van der Waals surface area contributed by atoms with Crippen molar-refractivity contribution >= 4 is 29.9 Å². The van der Waals surface area contributed by atoms with Crippen molar-refractivity contribution in [2.75, 3.05) is 13.1 Å². The molecule has 2 aliphatic rings. The number of halogens is 2. The number of rotatable bonds is 5. The van der Waals surface area contributed by atoms with Crippen LogP contribution in [0.25, 0.3) is 0 Å². The van der Waals surface area contributed by atoms with Crippen LogP contribution in [0, 0.1) is 5.92 Å². The van der Waals surface area contributed by atoms with E-state index in [-0.39, 0.29) is 24.4 Å². The summed E-state index contributed by atoms with van der Waals surface area (Å²) in [5, 5.41) is 11.9. The van der Waals surface area contributed by atoms with Crippen molar-refractivity contribution in [3.05, 3.63) is 52.8 Å². The topological polar surface area (TPSA) is 59.0 Å². The van der Waals surface area contributed by atoms with Gasteiger partial charge < -0.3 is 10.6 Å². The number of aromatic nitrogens is 2. The minimum Gasteiger partial charge on any atom is -0.344 e. The fourth-order valence-corrected chi connectivity index (χ4v) is 3.98. The highest BCUT2D eigenvalue weighted by molar-refractivity contribution is 6.30. The Hall–Kier alpha value is -1.56. The van der Waals surface area contributed by atoms with Crippen LogP contribution in [0.15, 0.2) is 36.5 Å². The van der Waals surface area contributed by atoms with Gasteiger partial charge in [-0.2, -0.15) is 5.10 Å². The molecule has 2 unspecified atom stereocenters. The third-order valence-corrected chi connectivity index (χ3v) is 5.87. The van der Waals surface area contributed by atoms with Gasteiger partial charge in [-0.3, -0.25) is 9.48 Å². The number of benzene rings is 1. The number of carbonyl (C=O) groups excluding carboxylic acids is 1. The van der Waals surface area contributed by atoms with Crippen LogP contribution in [0.4, 0.5) is 0 Å². The lowest BCUT2D eigenvalue weighted by molar-refractivity contribution is 0.0894. The van der Waals surface area contributed by atoms with Crippen molar-refractivity contribution in [1.82, 2.24) is 20.4 Å². The quantitative estimate of drug-likeness (QED) is 0.780. The van der Waals surface area contributed by atoms with Crippen LogP contribution in [0.2, 0.25) is 5.02 Å². The summed E-state index contributed by atoms with van der Waals surface area (Å²) < 4.78 is 1.93. The molecule has 2 heterocycles. The second-order valence-electron chi connectivity index (χ2n) is 7.37. The number of hydrogen-bond donors (Lipinski definition) is 2. The van der Waals surface area contributed by atoms with Gasteiger partial charge in [-0.15, -0.1) is 12.4 Å². The maximum absolute atomic E-state index is 12.8. The Kier molecular flexibility index (Phi) is 6.79. The molecular weight excluding hydrogens is 383 g/mol. The largest absolute Gasteiger partial charge is 0.344 e.